The van der Waals surface area contributed by atoms with Gasteiger partial charge in [-0.3, -0.25) is 9.59 Å². The molecule has 1 fully saturated rings. The summed E-state index contributed by atoms with van der Waals surface area (Å²) in [7, 11) is 0. The maximum atomic E-state index is 12.0. The summed E-state index contributed by atoms with van der Waals surface area (Å²) in [4.78, 5) is 25.0. The van der Waals surface area contributed by atoms with Crippen molar-refractivity contribution in [3.63, 3.8) is 0 Å². The van der Waals surface area contributed by atoms with Crippen molar-refractivity contribution in [2.75, 3.05) is 6.54 Å². The monoisotopic (exact) mass is 222 g/mol. The van der Waals surface area contributed by atoms with Crippen LogP contribution in [0, 0.1) is 5.92 Å². The topological polar surface area (TPSA) is 49.4 Å². The summed E-state index contributed by atoms with van der Waals surface area (Å²) in [6, 6.07) is -0.432. The van der Waals surface area contributed by atoms with Crippen LogP contribution in [0.15, 0.2) is 24.9 Å². The van der Waals surface area contributed by atoms with Gasteiger partial charge in [0.2, 0.25) is 5.91 Å². The summed E-state index contributed by atoms with van der Waals surface area (Å²) in [6.07, 6.45) is 2.24. The van der Waals surface area contributed by atoms with E-state index in [0.717, 1.165) is 0 Å². The third-order valence-electron chi connectivity index (χ3n) is 2.48. The molecule has 0 aromatic heterocycles. The fraction of sp³-hybridized carbons (Fsp3) is 0.500. The molecular formula is C12H18N2O2. The second kappa shape index (κ2) is 4.96. The maximum Gasteiger partial charge on any atom is 0.268 e. The van der Waals surface area contributed by atoms with Gasteiger partial charge in [-0.05, 0) is 12.3 Å². The third-order valence-corrected chi connectivity index (χ3v) is 2.48. The van der Waals surface area contributed by atoms with E-state index in [-0.39, 0.29) is 17.5 Å². The molecule has 1 atom stereocenters. The van der Waals surface area contributed by atoms with E-state index < -0.39 is 6.04 Å². The zero-order valence-electron chi connectivity index (χ0n) is 9.82. The van der Waals surface area contributed by atoms with Crippen molar-refractivity contribution >= 4 is 11.8 Å². The number of carbonyl (C=O) groups is 2. The number of carbonyl (C=O) groups excluding carboxylic acids is 2. The van der Waals surface area contributed by atoms with E-state index >= 15 is 0 Å². The fourth-order valence-corrected chi connectivity index (χ4v) is 1.71. The number of piperazine rings is 1. The molecule has 4 heteroatoms. The molecule has 1 aliphatic rings. The van der Waals surface area contributed by atoms with Crippen molar-refractivity contribution in [2.45, 2.75) is 26.3 Å². The summed E-state index contributed by atoms with van der Waals surface area (Å²) in [6.45, 7) is 11.5. The molecule has 16 heavy (non-hydrogen) atoms. The van der Waals surface area contributed by atoms with Crippen molar-refractivity contribution in [1.82, 2.24) is 10.2 Å². The predicted molar refractivity (Wildman–Crippen MR) is 62.4 cm³/mol. The molecular weight excluding hydrogens is 204 g/mol. The molecule has 0 bridgehead atoms. The number of rotatable bonds is 4. The van der Waals surface area contributed by atoms with E-state index in [2.05, 4.69) is 18.5 Å². The predicted octanol–water partition coefficient (Wildman–Crippen LogP) is 1.06. The molecule has 4 nitrogen and oxygen atoms in total. The Bertz CT molecular complexity index is 334. The van der Waals surface area contributed by atoms with Crippen molar-refractivity contribution in [1.29, 1.82) is 0 Å². The molecule has 1 rings (SSSR count). The minimum absolute atomic E-state index is 0.0989. The Balaban J connectivity index is 2.84. The van der Waals surface area contributed by atoms with Gasteiger partial charge in [0.25, 0.3) is 5.91 Å². The van der Waals surface area contributed by atoms with Gasteiger partial charge in [0.1, 0.15) is 11.7 Å². The van der Waals surface area contributed by atoms with E-state index in [1.165, 1.54) is 4.90 Å². The van der Waals surface area contributed by atoms with Crippen LogP contribution < -0.4 is 5.32 Å². The zero-order valence-corrected chi connectivity index (χ0v) is 9.82. The Labute approximate surface area is 96.0 Å². The summed E-state index contributed by atoms with van der Waals surface area (Å²) >= 11 is 0. The molecule has 0 radical (unpaired) electrons. The van der Waals surface area contributed by atoms with Crippen molar-refractivity contribution in [3.05, 3.63) is 24.9 Å². The normalized spacial score (nSPS) is 21.3. The van der Waals surface area contributed by atoms with Crippen LogP contribution >= 0.6 is 0 Å². The first-order valence-electron chi connectivity index (χ1n) is 5.39. The van der Waals surface area contributed by atoms with Gasteiger partial charge in [0.05, 0.1) is 0 Å². The Morgan fingerprint density at radius 1 is 1.50 bits per heavy atom. The molecule has 0 spiro atoms. The molecule has 0 saturated carbocycles. The fourth-order valence-electron chi connectivity index (χ4n) is 1.71. The van der Waals surface area contributed by atoms with E-state index in [1.807, 2.05) is 13.8 Å². The number of hydrogen-bond acceptors (Lipinski definition) is 2. The lowest BCUT2D eigenvalue weighted by Crippen LogP contribution is -2.56. The zero-order chi connectivity index (χ0) is 12.3. The van der Waals surface area contributed by atoms with Crippen molar-refractivity contribution in [3.8, 4) is 0 Å². The van der Waals surface area contributed by atoms with Crippen LogP contribution in [0.3, 0.4) is 0 Å². The number of amides is 2. The van der Waals surface area contributed by atoms with Crippen molar-refractivity contribution in [2.24, 2.45) is 5.92 Å². The standard InChI is InChI=1S/C12H18N2O2/c1-5-6-14-9(4)11(15)13-10(12(14)16)7-8(2)3/h5,8,10H,1,4,6-7H2,2-3H3,(H,13,15)/t10-/m0/s1. The van der Waals surface area contributed by atoms with Gasteiger partial charge in [0, 0.05) is 6.54 Å². The van der Waals surface area contributed by atoms with Gasteiger partial charge in [-0.2, -0.15) is 0 Å². The molecule has 1 saturated heterocycles. The first-order valence-corrected chi connectivity index (χ1v) is 5.39. The van der Waals surface area contributed by atoms with Crippen LogP contribution in [-0.2, 0) is 9.59 Å². The third kappa shape index (κ3) is 2.51. The van der Waals surface area contributed by atoms with Gasteiger partial charge in [-0.25, -0.2) is 0 Å². The SMILES string of the molecule is C=CCN1C(=C)C(=O)N[C@@H](CC(C)C)C1=O. The van der Waals surface area contributed by atoms with E-state index in [1.54, 1.807) is 6.08 Å². The smallest absolute Gasteiger partial charge is 0.268 e. The lowest BCUT2D eigenvalue weighted by Gasteiger charge is -2.33. The highest BCUT2D eigenvalue weighted by atomic mass is 16.2. The molecule has 2 amide bonds. The Hall–Kier alpha value is -1.58. The van der Waals surface area contributed by atoms with Gasteiger partial charge >= 0.3 is 0 Å². The second-order valence-corrected chi connectivity index (χ2v) is 4.34. The second-order valence-electron chi connectivity index (χ2n) is 4.34. The number of nitrogens with one attached hydrogen (secondary N) is 1. The van der Waals surface area contributed by atoms with E-state index in [9.17, 15) is 9.59 Å². The quantitative estimate of drug-likeness (QED) is 0.571. The maximum absolute atomic E-state index is 12.0. The molecule has 0 aromatic carbocycles. The van der Waals surface area contributed by atoms with Gasteiger partial charge in [-0.1, -0.05) is 26.5 Å². The molecule has 0 aliphatic carbocycles. The molecule has 0 aromatic rings. The Morgan fingerprint density at radius 3 is 2.62 bits per heavy atom. The average molecular weight is 222 g/mol. The van der Waals surface area contributed by atoms with Crippen molar-refractivity contribution < 1.29 is 9.59 Å². The number of nitrogens with zero attached hydrogens (tertiary/aromatic N) is 1. The van der Waals surface area contributed by atoms with E-state index in [4.69, 9.17) is 0 Å². The van der Waals surface area contributed by atoms with Gasteiger partial charge in [-0.15, -0.1) is 6.58 Å². The molecule has 88 valence electrons. The summed E-state index contributed by atoms with van der Waals surface area (Å²) < 4.78 is 0. The lowest BCUT2D eigenvalue weighted by molar-refractivity contribution is -0.140. The molecule has 1 aliphatic heterocycles. The number of hydrogen-bond donors (Lipinski definition) is 1. The Kier molecular flexibility index (Phi) is 3.88. The van der Waals surface area contributed by atoms with Gasteiger partial charge in [0.15, 0.2) is 0 Å². The minimum atomic E-state index is -0.432. The van der Waals surface area contributed by atoms with Gasteiger partial charge < -0.3 is 10.2 Å². The first-order chi connectivity index (χ1) is 7.47. The van der Waals surface area contributed by atoms with Crippen LogP contribution in [-0.4, -0.2) is 29.3 Å². The summed E-state index contributed by atoms with van der Waals surface area (Å²) in [5.41, 5.74) is 0.199. The largest absolute Gasteiger partial charge is 0.339 e. The first kappa shape index (κ1) is 12.5. The highest BCUT2D eigenvalue weighted by molar-refractivity contribution is 6.04. The highest BCUT2D eigenvalue weighted by Gasteiger charge is 2.34. The van der Waals surface area contributed by atoms with Crippen LogP contribution in [0.5, 0.6) is 0 Å². The van der Waals surface area contributed by atoms with Crippen LogP contribution in [0.1, 0.15) is 20.3 Å². The summed E-state index contributed by atoms with van der Waals surface area (Å²) in [5, 5.41) is 2.67. The molecule has 1 heterocycles. The molecule has 1 N–H and O–H groups in total. The minimum Gasteiger partial charge on any atom is -0.339 e. The average Bonchev–Trinajstić information content (AvgIpc) is 2.20. The van der Waals surface area contributed by atoms with Crippen LogP contribution in [0.2, 0.25) is 0 Å². The van der Waals surface area contributed by atoms with Crippen LogP contribution in [0.4, 0.5) is 0 Å². The lowest BCUT2D eigenvalue weighted by atomic mass is 10.0. The Morgan fingerprint density at radius 2 is 2.12 bits per heavy atom. The highest BCUT2D eigenvalue weighted by Crippen LogP contribution is 2.16. The molecule has 0 unspecified atom stereocenters. The summed E-state index contributed by atoms with van der Waals surface area (Å²) in [5.74, 6) is -0.0171. The van der Waals surface area contributed by atoms with E-state index in [0.29, 0.717) is 18.9 Å². The van der Waals surface area contributed by atoms with Crippen LogP contribution in [0.25, 0.3) is 0 Å².